The lowest BCUT2D eigenvalue weighted by molar-refractivity contribution is 0.373. The van der Waals surface area contributed by atoms with Crippen molar-refractivity contribution in [1.82, 2.24) is 10.3 Å². The lowest BCUT2D eigenvalue weighted by Gasteiger charge is -2.12. The Kier molecular flexibility index (Phi) is 4.96. The van der Waals surface area contributed by atoms with Crippen molar-refractivity contribution < 1.29 is 9.47 Å². The zero-order valence-corrected chi connectivity index (χ0v) is 12.1. The molecule has 1 N–H and O–H groups in total. The molecule has 2 aromatic rings. The quantitative estimate of drug-likeness (QED) is 0.876. The van der Waals surface area contributed by atoms with Crippen LogP contribution in [0.15, 0.2) is 36.5 Å². The summed E-state index contributed by atoms with van der Waals surface area (Å²) < 4.78 is 11.1. The Hall–Kier alpha value is -2.07. The molecule has 1 aromatic heterocycles. The third-order valence-corrected chi connectivity index (χ3v) is 2.94. The average molecular weight is 272 g/mol. The highest BCUT2D eigenvalue weighted by molar-refractivity contribution is 5.43. The second-order valence-corrected chi connectivity index (χ2v) is 4.50. The van der Waals surface area contributed by atoms with Crippen LogP contribution in [0.1, 0.15) is 18.1 Å². The van der Waals surface area contributed by atoms with Crippen molar-refractivity contribution in [3.63, 3.8) is 0 Å². The number of pyridine rings is 1. The first kappa shape index (κ1) is 14.3. The van der Waals surface area contributed by atoms with Crippen molar-refractivity contribution in [2.24, 2.45) is 0 Å². The average Bonchev–Trinajstić information content (AvgIpc) is 2.48. The summed E-state index contributed by atoms with van der Waals surface area (Å²) in [4.78, 5) is 4.38. The molecule has 106 valence electrons. The molecule has 0 spiro atoms. The summed E-state index contributed by atoms with van der Waals surface area (Å²) in [5.74, 6) is 1.98. The topological polar surface area (TPSA) is 43.4 Å². The SMILES string of the molecule is CCNCc1cnc(Oc2ccccc2OC)c(C)c1. The summed E-state index contributed by atoms with van der Waals surface area (Å²) in [5.41, 5.74) is 2.16. The fraction of sp³-hybridized carbons (Fsp3) is 0.312. The third kappa shape index (κ3) is 3.48. The standard InChI is InChI=1S/C16H20N2O2/c1-4-17-10-13-9-12(2)16(18-11-13)20-15-8-6-5-7-14(15)19-3/h5-9,11,17H,4,10H2,1-3H3. The summed E-state index contributed by atoms with van der Waals surface area (Å²) in [7, 11) is 1.63. The molecule has 0 aliphatic heterocycles. The van der Waals surface area contributed by atoms with E-state index in [9.17, 15) is 0 Å². The van der Waals surface area contributed by atoms with E-state index in [4.69, 9.17) is 9.47 Å². The van der Waals surface area contributed by atoms with Crippen molar-refractivity contribution in [3.05, 3.63) is 47.7 Å². The van der Waals surface area contributed by atoms with Crippen LogP contribution in [0.2, 0.25) is 0 Å². The summed E-state index contributed by atoms with van der Waals surface area (Å²) in [5, 5.41) is 3.28. The number of ether oxygens (including phenoxy) is 2. The summed E-state index contributed by atoms with van der Waals surface area (Å²) in [6, 6.07) is 9.63. The molecule has 0 fully saturated rings. The number of hydrogen-bond acceptors (Lipinski definition) is 4. The second-order valence-electron chi connectivity index (χ2n) is 4.50. The molecule has 0 unspecified atom stereocenters. The van der Waals surface area contributed by atoms with Crippen LogP contribution in [0, 0.1) is 6.92 Å². The molecular weight excluding hydrogens is 252 g/mol. The Morgan fingerprint density at radius 3 is 2.60 bits per heavy atom. The number of hydrogen-bond donors (Lipinski definition) is 1. The summed E-state index contributed by atoms with van der Waals surface area (Å²) in [6.07, 6.45) is 1.83. The normalized spacial score (nSPS) is 10.3. The van der Waals surface area contributed by atoms with Crippen LogP contribution in [-0.4, -0.2) is 18.6 Å². The van der Waals surface area contributed by atoms with Crippen LogP contribution in [0.4, 0.5) is 0 Å². The maximum atomic E-state index is 5.83. The zero-order chi connectivity index (χ0) is 14.4. The zero-order valence-electron chi connectivity index (χ0n) is 12.1. The van der Waals surface area contributed by atoms with Crippen LogP contribution < -0.4 is 14.8 Å². The van der Waals surface area contributed by atoms with Crippen molar-refractivity contribution in [3.8, 4) is 17.4 Å². The Labute approximate surface area is 119 Å². The van der Waals surface area contributed by atoms with Gasteiger partial charge in [-0.05, 0) is 37.2 Å². The van der Waals surface area contributed by atoms with Gasteiger partial charge in [-0.1, -0.05) is 19.1 Å². The van der Waals surface area contributed by atoms with Crippen LogP contribution in [0.3, 0.4) is 0 Å². The molecule has 1 heterocycles. The monoisotopic (exact) mass is 272 g/mol. The third-order valence-electron chi connectivity index (χ3n) is 2.94. The molecular formula is C16H20N2O2. The number of benzene rings is 1. The summed E-state index contributed by atoms with van der Waals surface area (Å²) >= 11 is 0. The number of para-hydroxylation sites is 2. The van der Waals surface area contributed by atoms with E-state index in [1.165, 1.54) is 0 Å². The first-order chi connectivity index (χ1) is 9.74. The van der Waals surface area contributed by atoms with Gasteiger partial charge in [0.05, 0.1) is 7.11 Å². The van der Waals surface area contributed by atoms with E-state index in [0.29, 0.717) is 17.4 Å². The van der Waals surface area contributed by atoms with Crippen molar-refractivity contribution in [2.45, 2.75) is 20.4 Å². The molecule has 0 saturated carbocycles. The number of aryl methyl sites for hydroxylation is 1. The number of rotatable bonds is 6. The number of aromatic nitrogens is 1. The van der Waals surface area contributed by atoms with E-state index in [2.05, 4.69) is 23.3 Å². The number of methoxy groups -OCH3 is 1. The summed E-state index contributed by atoms with van der Waals surface area (Å²) in [6.45, 7) is 5.84. The molecule has 0 atom stereocenters. The van der Waals surface area contributed by atoms with E-state index in [1.54, 1.807) is 7.11 Å². The van der Waals surface area contributed by atoms with E-state index < -0.39 is 0 Å². The molecule has 4 nitrogen and oxygen atoms in total. The smallest absolute Gasteiger partial charge is 0.222 e. The predicted octanol–water partition coefficient (Wildman–Crippen LogP) is 3.30. The van der Waals surface area contributed by atoms with Gasteiger partial charge >= 0.3 is 0 Å². The van der Waals surface area contributed by atoms with E-state index in [1.807, 2.05) is 37.4 Å². The molecule has 20 heavy (non-hydrogen) atoms. The Bertz CT molecular complexity index is 570. The van der Waals surface area contributed by atoms with Gasteiger partial charge in [-0.2, -0.15) is 0 Å². The minimum Gasteiger partial charge on any atom is -0.493 e. The minimum atomic E-state index is 0.606. The van der Waals surface area contributed by atoms with Gasteiger partial charge in [-0.15, -0.1) is 0 Å². The van der Waals surface area contributed by atoms with Gasteiger partial charge in [0, 0.05) is 18.3 Å². The second kappa shape index (κ2) is 6.91. The van der Waals surface area contributed by atoms with Gasteiger partial charge in [0.25, 0.3) is 0 Å². The lowest BCUT2D eigenvalue weighted by Crippen LogP contribution is -2.12. The van der Waals surface area contributed by atoms with Crippen molar-refractivity contribution >= 4 is 0 Å². The Morgan fingerprint density at radius 2 is 1.95 bits per heavy atom. The predicted molar refractivity (Wildman–Crippen MR) is 79.4 cm³/mol. The van der Waals surface area contributed by atoms with Gasteiger partial charge in [0.1, 0.15) is 0 Å². The highest BCUT2D eigenvalue weighted by Gasteiger charge is 2.08. The highest BCUT2D eigenvalue weighted by atomic mass is 16.5. The first-order valence-corrected chi connectivity index (χ1v) is 6.71. The van der Waals surface area contributed by atoms with E-state index in [0.717, 1.165) is 24.2 Å². The Morgan fingerprint density at radius 1 is 1.20 bits per heavy atom. The molecule has 0 amide bonds. The minimum absolute atomic E-state index is 0.606. The van der Waals surface area contributed by atoms with Crippen molar-refractivity contribution in [2.75, 3.05) is 13.7 Å². The molecule has 2 rings (SSSR count). The van der Waals surface area contributed by atoms with E-state index >= 15 is 0 Å². The number of nitrogens with one attached hydrogen (secondary N) is 1. The molecule has 1 aromatic carbocycles. The van der Waals surface area contributed by atoms with Crippen LogP contribution in [-0.2, 0) is 6.54 Å². The maximum absolute atomic E-state index is 5.83. The fourth-order valence-electron chi connectivity index (χ4n) is 1.90. The van der Waals surface area contributed by atoms with Crippen molar-refractivity contribution in [1.29, 1.82) is 0 Å². The van der Waals surface area contributed by atoms with Gasteiger partial charge in [0.2, 0.25) is 5.88 Å². The molecule has 0 bridgehead atoms. The lowest BCUT2D eigenvalue weighted by atomic mass is 10.2. The van der Waals surface area contributed by atoms with Crippen LogP contribution >= 0.6 is 0 Å². The molecule has 0 aliphatic rings. The van der Waals surface area contributed by atoms with Gasteiger partial charge in [0.15, 0.2) is 11.5 Å². The van der Waals surface area contributed by atoms with Crippen LogP contribution in [0.25, 0.3) is 0 Å². The Balaban J connectivity index is 2.17. The molecule has 0 saturated heterocycles. The van der Waals surface area contributed by atoms with Gasteiger partial charge in [-0.3, -0.25) is 0 Å². The maximum Gasteiger partial charge on any atom is 0.222 e. The van der Waals surface area contributed by atoms with E-state index in [-0.39, 0.29) is 0 Å². The van der Waals surface area contributed by atoms with Gasteiger partial charge < -0.3 is 14.8 Å². The molecule has 0 aliphatic carbocycles. The van der Waals surface area contributed by atoms with Crippen LogP contribution in [0.5, 0.6) is 17.4 Å². The fourth-order valence-corrected chi connectivity index (χ4v) is 1.90. The first-order valence-electron chi connectivity index (χ1n) is 6.71. The highest BCUT2D eigenvalue weighted by Crippen LogP contribution is 2.31. The van der Waals surface area contributed by atoms with Gasteiger partial charge in [-0.25, -0.2) is 4.98 Å². The molecule has 0 radical (unpaired) electrons. The molecule has 4 heteroatoms. The number of nitrogens with zero attached hydrogens (tertiary/aromatic N) is 1. The largest absolute Gasteiger partial charge is 0.493 e.